The minimum atomic E-state index is -0.548. The Balaban J connectivity index is 1.46. The van der Waals surface area contributed by atoms with E-state index in [1.165, 1.54) is 17.8 Å². The van der Waals surface area contributed by atoms with Gasteiger partial charge in [-0.1, -0.05) is 39.8 Å². The third kappa shape index (κ3) is 5.22. The quantitative estimate of drug-likeness (QED) is 0.352. The van der Waals surface area contributed by atoms with Crippen molar-refractivity contribution < 1.29 is 18.3 Å². The van der Waals surface area contributed by atoms with Gasteiger partial charge in [-0.25, -0.2) is 4.39 Å². The summed E-state index contributed by atoms with van der Waals surface area (Å²) in [6, 6.07) is 13.8. The normalized spacial score (nSPS) is 12.0. The van der Waals surface area contributed by atoms with Crippen LogP contribution in [-0.4, -0.2) is 22.6 Å². The SMILES string of the molecule is CC(Oc1ccccc1F)c1nnc(SCCOc2ccc(Br)cc2)o1. The summed E-state index contributed by atoms with van der Waals surface area (Å²) in [5.41, 5.74) is 0. The first-order chi connectivity index (χ1) is 12.6. The van der Waals surface area contributed by atoms with Crippen molar-refractivity contribution in [3.63, 3.8) is 0 Å². The van der Waals surface area contributed by atoms with Gasteiger partial charge < -0.3 is 13.9 Å². The summed E-state index contributed by atoms with van der Waals surface area (Å²) in [4.78, 5) is 0. The van der Waals surface area contributed by atoms with Gasteiger partial charge in [-0.2, -0.15) is 0 Å². The lowest BCUT2D eigenvalue weighted by atomic mass is 10.3. The Labute approximate surface area is 163 Å². The second-order valence-corrected chi connectivity index (χ2v) is 7.21. The Morgan fingerprint density at radius 3 is 2.69 bits per heavy atom. The molecule has 0 aliphatic carbocycles. The van der Waals surface area contributed by atoms with E-state index < -0.39 is 11.9 Å². The molecule has 0 amide bonds. The molecule has 1 heterocycles. The van der Waals surface area contributed by atoms with Gasteiger partial charge in [-0.3, -0.25) is 0 Å². The van der Waals surface area contributed by atoms with E-state index in [9.17, 15) is 4.39 Å². The lowest BCUT2D eigenvalue weighted by Gasteiger charge is -2.11. The van der Waals surface area contributed by atoms with Crippen LogP contribution in [-0.2, 0) is 0 Å². The number of nitrogens with zero attached hydrogens (tertiary/aromatic N) is 2. The molecule has 0 saturated heterocycles. The smallest absolute Gasteiger partial charge is 0.276 e. The molecule has 0 spiro atoms. The molecule has 0 saturated carbocycles. The average Bonchev–Trinajstić information content (AvgIpc) is 3.11. The van der Waals surface area contributed by atoms with Crippen LogP contribution in [0.2, 0.25) is 0 Å². The highest BCUT2D eigenvalue weighted by Crippen LogP contribution is 2.25. The van der Waals surface area contributed by atoms with Crippen LogP contribution in [0, 0.1) is 5.82 Å². The molecule has 2 aromatic carbocycles. The number of halogens is 2. The van der Waals surface area contributed by atoms with Crippen LogP contribution < -0.4 is 9.47 Å². The Bertz CT molecular complexity index is 844. The molecule has 1 unspecified atom stereocenters. The van der Waals surface area contributed by atoms with Crippen LogP contribution in [0.4, 0.5) is 4.39 Å². The number of rotatable bonds is 8. The maximum Gasteiger partial charge on any atom is 0.276 e. The van der Waals surface area contributed by atoms with Gasteiger partial charge in [0.1, 0.15) is 5.75 Å². The molecule has 3 aromatic rings. The first-order valence-corrected chi connectivity index (χ1v) is 9.65. The van der Waals surface area contributed by atoms with Gasteiger partial charge in [0, 0.05) is 10.2 Å². The zero-order valence-corrected chi connectivity index (χ0v) is 16.3. The first kappa shape index (κ1) is 18.7. The second kappa shape index (κ2) is 9.05. The van der Waals surface area contributed by atoms with Crippen molar-refractivity contribution in [2.24, 2.45) is 0 Å². The van der Waals surface area contributed by atoms with E-state index in [2.05, 4.69) is 26.1 Å². The first-order valence-electron chi connectivity index (χ1n) is 7.87. The van der Waals surface area contributed by atoms with Gasteiger partial charge in [0.15, 0.2) is 17.7 Å². The van der Waals surface area contributed by atoms with Crippen molar-refractivity contribution in [3.05, 3.63) is 64.7 Å². The lowest BCUT2D eigenvalue weighted by Crippen LogP contribution is -2.04. The Morgan fingerprint density at radius 1 is 1.15 bits per heavy atom. The molecule has 3 rings (SSSR count). The highest BCUT2D eigenvalue weighted by atomic mass is 79.9. The summed E-state index contributed by atoms with van der Waals surface area (Å²) >= 11 is 4.76. The Morgan fingerprint density at radius 2 is 1.92 bits per heavy atom. The van der Waals surface area contributed by atoms with Crippen molar-refractivity contribution in [1.29, 1.82) is 0 Å². The maximum atomic E-state index is 13.6. The summed E-state index contributed by atoms with van der Waals surface area (Å²) in [6.45, 7) is 2.23. The minimum Gasteiger partial charge on any atom is -0.493 e. The van der Waals surface area contributed by atoms with Crippen LogP contribution in [0.3, 0.4) is 0 Å². The number of benzene rings is 2. The molecule has 1 atom stereocenters. The summed E-state index contributed by atoms with van der Waals surface area (Å²) < 4.78 is 31.3. The van der Waals surface area contributed by atoms with Crippen LogP contribution >= 0.6 is 27.7 Å². The summed E-state index contributed by atoms with van der Waals surface area (Å²) in [5.74, 6) is 1.46. The number of para-hydroxylation sites is 1. The molecule has 0 aliphatic heterocycles. The molecule has 0 aliphatic rings. The van der Waals surface area contributed by atoms with E-state index in [1.54, 1.807) is 25.1 Å². The fourth-order valence-corrected chi connectivity index (χ4v) is 2.89. The van der Waals surface area contributed by atoms with E-state index in [-0.39, 0.29) is 5.75 Å². The van der Waals surface area contributed by atoms with E-state index in [0.29, 0.717) is 23.5 Å². The lowest BCUT2D eigenvalue weighted by molar-refractivity contribution is 0.174. The van der Waals surface area contributed by atoms with Crippen molar-refractivity contribution >= 4 is 27.7 Å². The minimum absolute atomic E-state index is 0.148. The number of aromatic nitrogens is 2. The number of ether oxygens (including phenoxy) is 2. The molecular weight excluding hydrogens is 423 g/mol. The summed E-state index contributed by atoms with van der Waals surface area (Å²) in [6.07, 6.45) is -0.548. The molecule has 0 N–H and O–H groups in total. The average molecular weight is 439 g/mol. The van der Waals surface area contributed by atoms with Crippen molar-refractivity contribution in [1.82, 2.24) is 10.2 Å². The van der Waals surface area contributed by atoms with E-state index in [1.807, 2.05) is 24.3 Å². The third-order valence-electron chi connectivity index (χ3n) is 3.30. The highest BCUT2D eigenvalue weighted by Gasteiger charge is 2.17. The standard InChI is InChI=1S/C18H16BrFN2O3S/c1-12(24-16-5-3-2-4-15(16)20)17-21-22-18(25-17)26-11-10-23-14-8-6-13(19)7-9-14/h2-9,12H,10-11H2,1H3. The zero-order valence-electron chi connectivity index (χ0n) is 13.9. The molecule has 0 fully saturated rings. The second-order valence-electron chi connectivity index (χ2n) is 5.25. The topological polar surface area (TPSA) is 57.4 Å². The molecule has 26 heavy (non-hydrogen) atoms. The maximum absolute atomic E-state index is 13.6. The molecule has 0 radical (unpaired) electrons. The fourth-order valence-electron chi connectivity index (χ4n) is 2.04. The monoisotopic (exact) mass is 438 g/mol. The molecule has 5 nitrogen and oxygen atoms in total. The van der Waals surface area contributed by atoms with Crippen LogP contribution in [0.25, 0.3) is 0 Å². The predicted molar refractivity (Wildman–Crippen MR) is 100 cm³/mol. The van der Waals surface area contributed by atoms with E-state index in [4.69, 9.17) is 13.9 Å². The van der Waals surface area contributed by atoms with Gasteiger partial charge in [-0.15, -0.1) is 10.2 Å². The van der Waals surface area contributed by atoms with Crippen molar-refractivity contribution in [2.45, 2.75) is 18.3 Å². The molecule has 1 aromatic heterocycles. The summed E-state index contributed by atoms with van der Waals surface area (Å²) in [5, 5.41) is 8.35. The Kier molecular flexibility index (Phi) is 6.51. The van der Waals surface area contributed by atoms with Gasteiger partial charge >= 0.3 is 0 Å². The Hall–Kier alpha value is -2.06. The van der Waals surface area contributed by atoms with Gasteiger partial charge in [0.05, 0.1) is 6.61 Å². The molecule has 136 valence electrons. The highest BCUT2D eigenvalue weighted by molar-refractivity contribution is 9.10. The van der Waals surface area contributed by atoms with Crippen molar-refractivity contribution in [2.75, 3.05) is 12.4 Å². The summed E-state index contributed by atoms with van der Waals surface area (Å²) in [7, 11) is 0. The molecule has 0 bridgehead atoms. The fraction of sp³-hybridized carbons (Fsp3) is 0.222. The van der Waals surface area contributed by atoms with Gasteiger partial charge in [0.25, 0.3) is 11.1 Å². The van der Waals surface area contributed by atoms with Crippen molar-refractivity contribution in [3.8, 4) is 11.5 Å². The number of hydrogen-bond acceptors (Lipinski definition) is 6. The zero-order chi connectivity index (χ0) is 18.4. The largest absolute Gasteiger partial charge is 0.493 e. The van der Waals surface area contributed by atoms with Gasteiger partial charge in [-0.05, 0) is 43.3 Å². The van der Waals surface area contributed by atoms with E-state index in [0.717, 1.165) is 10.2 Å². The predicted octanol–water partition coefficient (Wildman–Crippen LogP) is 5.28. The number of hydrogen-bond donors (Lipinski definition) is 0. The molecule has 8 heteroatoms. The third-order valence-corrected chi connectivity index (χ3v) is 4.61. The molecular formula is C18H16BrFN2O3S. The van der Waals surface area contributed by atoms with Crippen LogP contribution in [0.1, 0.15) is 18.9 Å². The van der Waals surface area contributed by atoms with Crippen LogP contribution in [0.5, 0.6) is 11.5 Å². The van der Waals surface area contributed by atoms with E-state index >= 15 is 0 Å². The van der Waals surface area contributed by atoms with Crippen LogP contribution in [0.15, 0.2) is 62.6 Å². The number of thioether (sulfide) groups is 1. The van der Waals surface area contributed by atoms with Gasteiger partial charge in [0.2, 0.25) is 0 Å².